The Labute approximate surface area is 136 Å². The zero-order chi connectivity index (χ0) is 16.1. The Morgan fingerprint density at radius 1 is 1.17 bits per heavy atom. The predicted octanol–water partition coefficient (Wildman–Crippen LogP) is 2.79. The van der Waals surface area contributed by atoms with Gasteiger partial charge in [0.2, 0.25) is 0 Å². The van der Waals surface area contributed by atoms with Crippen LogP contribution in [0.3, 0.4) is 0 Å². The third-order valence-electron chi connectivity index (χ3n) is 4.37. The van der Waals surface area contributed by atoms with Crippen molar-refractivity contribution < 1.29 is 4.39 Å². The summed E-state index contributed by atoms with van der Waals surface area (Å²) in [6.45, 7) is 0.274. The molecular formula is C16H14FN7. The maximum absolute atomic E-state index is 14.2. The van der Waals surface area contributed by atoms with Crippen LogP contribution in [0.1, 0.15) is 24.4 Å². The molecule has 1 aromatic carbocycles. The van der Waals surface area contributed by atoms with Gasteiger partial charge in [-0.1, -0.05) is 0 Å². The van der Waals surface area contributed by atoms with Crippen LogP contribution in [-0.2, 0) is 6.54 Å². The quantitative estimate of drug-likeness (QED) is 0.603. The Morgan fingerprint density at radius 3 is 2.96 bits per heavy atom. The lowest BCUT2D eigenvalue weighted by Gasteiger charge is -2.08. The molecule has 0 aliphatic heterocycles. The average Bonchev–Trinajstić information content (AvgIpc) is 3.16. The van der Waals surface area contributed by atoms with Gasteiger partial charge in [0.25, 0.3) is 0 Å². The minimum absolute atomic E-state index is 0.274. The number of rotatable bonds is 4. The second-order valence-electron chi connectivity index (χ2n) is 5.96. The van der Waals surface area contributed by atoms with Crippen LogP contribution in [0.4, 0.5) is 10.2 Å². The number of H-pyrrole nitrogens is 1. The van der Waals surface area contributed by atoms with Crippen molar-refractivity contribution in [3.63, 3.8) is 0 Å². The van der Waals surface area contributed by atoms with E-state index in [2.05, 4.69) is 34.8 Å². The summed E-state index contributed by atoms with van der Waals surface area (Å²) in [5.74, 6) is 0.308. The number of halogens is 1. The van der Waals surface area contributed by atoms with Gasteiger partial charge in [-0.3, -0.25) is 0 Å². The molecule has 24 heavy (non-hydrogen) atoms. The summed E-state index contributed by atoms with van der Waals surface area (Å²) in [6, 6.07) is 3.61. The molecule has 0 spiro atoms. The molecule has 4 aromatic rings. The van der Waals surface area contributed by atoms with Crippen molar-refractivity contribution in [2.24, 2.45) is 0 Å². The van der Waals surface area contributed by atoms with Crippen molar-refractivity contribution in [1.29, 1.82) is 0 Å². The van der Waals surface area contributed by atoms with E-state index in [1.54, 1.807) is 18.7 Å². The van der Waals surface area contributed by atoms with E-state index in [4.69, 9.17) is 0 Å². The lowest BCUT2D eigenvalue weighted by Crippen LogP contribution is -2.05. The normalized spacial score (nSPS) is 14.5. The lowest BCUT2D eigenvalue weighted by atomic mass is 10.1. The summed E-state index contributed by atoms with van der Waals surface area (Å²) in [5, 5.41) is 3.18. The molecule has 1 fully saturated rings. The monoisotopic (exact) mass is 323 g/mol. The maximum Gasteiger partial charge on any atom is 0.165 e. The Kier molecular flexibility index (Phi) is 2.79. The molecule has 3 heterocycles. The van der Waals surface area contributed by atoms with Crippen LogP contribution in [0, 0.1) is 5.82 Å². The number of imidazole rings is 2. The highest BCUT2D eigenvalue weighted by atomic mass is 19.1. The molecule has 1 aliphatic rings. The number of benzene rings is 1. The van der Waals surface area contributed by atoms with Crippen LogP contribution < -0.4 is 5.32 Å². The molecule has 0 atom stereocenters. The molecule has 8 heteroatoms. The van der Waals surface area contributed by atoms with Crippen molar-refractivity contribution in [3.05, 3.63) is 42.5 Å². The van der Waals surface area contributed by atoms with E-state index in [1.807, 2.05) is 0 Å². The number of fused-ring (bicyclic) bond motifs is 2. The Bertz CT molecular complexity index is 1050. The molecule has 3 aromatic heterocycles. The van der Waals surface area contributed by atoms with Gasteiger partial charge in [-0.2, -0.15) is 0 Å². The fourth-order valence-corrected chi connectivity index (χ4v) is 2.98. The van der Waals surface area contributed by atoms with E-state index in [0.717, 1.165) is 24.0 Å². The number of nitrogens with one attached hydrogen (secondary N) is 2. The Balaban J connectivity index is 1.50. The highest BCUT2D eigenvalue weighted by molar-refractivity contribution is 5.83. The Hall–Kier alpha value is -3.03. The standard InChI is InChI=1S/C16H14FN7/c17-11-3-4-12-13(20-6-19-12)10(11)5-18-15-14-16(22-7-21-15)24(8-23-14)9-1-2-9/h3-4,6-9H,1-2,5H2,(H,19,20)(H,18,21,22). The molecule has 1 aliphatic carbocycles. The Morgan fingerprint density at radius 2 is 2.08 bits per heavy atom. The van der Waals surface area contributed by atoms with Gasteiger partial charge in [0.05, 0.1) is 23.7 Å². The van der Waals surface area contributed by atoms with Crippen molar-refractivity contribution >= 4 is 28.0 Å². The summed E-state index contributed by atoms with van der Waals surface area (Å²) >= 11 is 0. The molecule has 0 unspecified atom stereocenters. The van der Waals surface area contributed by atoms with Gasteiger partial charge in [-0.05, 0) is 25.0 Å². The second-order valence-corrected chi connectivity index (χ2v) is 5.96. The van der Waals surface area contributed by atoms with Gasteiger partial charge in [-0.15, -0.1) is 0 Å². The largest absolute Gasteiger partial charge is 0.364 e. The van der Waals surface area contributed by atoms with Crippen molar-refractivity contribution in [2.75, 3.05) is 5.32 Å². The third-order valence-corrected chi connectivity index (χ3v) is 4.37. The van der Waals surface area contributed by atoms with Crippen molar-refractivity contribution in [1.82, 2.24) is 29.5 Å². The van der Waals surface area contributed by atoms with E-state index < -0.39 is 0 Å². The van der Waals surface area contributed by atoms with Gasteiger partial charge in [0.15, 0.2) is 11.5 Å². The number of nitrogens with zero attached hydrogens (tertiary/aromatic N) is 5. The van der Waals surface area contributed by atoms with Gasteiger partial charge >= 0.3 is 0 Å². The maximum atomic E-state index is 14.2. The summed E-state index contributed by atoms with van der Waals surface area (Å²) in [7, 11) is 0. The first-order valence-corrected chi connectivity index (χ1v) is 7.83. The van der Waals surface area contributed by atoms with E-state index in [9.17, 15) is 4.39 Å². The summed E-state index contributed by atoms with van der Waals surface area (Å²) < 4.78 is 16.3. The average molecular weight is 323 g/mol. The molecule has 120 valence electrons. The number of hydrogen-bond donors (Lipinski definition) is 2. The zero-order valence-corrected chi connectivity index (χ0v) is 12.7. The first-order chi connectivity index (χ1) is 11.8. The van der Waals surface area contributed by atoms with Gasteiger partial charge in [0.1, 0.15) is 17.7 Å². The van der Waals surface area contributed by atoms with E-state index in [0.29, 0.717) is 28.5 Å². The van der Waals surface area contributed by atoms with Crippen LogP contribution in [0.5, 0.6) is 0 Å². The number of anilines is 1. The lowest BCUT2D eigenvalue weighted by molar-refractivity contribution is 0.615. The molecule has 0 saturated heterocycles. The van der Waals surface area contributed by atoms with Crippen LogP contribution in [0.2, 0.25) is 0 Å². The molecular weight excluding hydrogens is 309 g/mol. The minimum atomic E-state index is -0.295. The highest BCUT2D eigenvalue weighted by Gasteiger charge is 2.26. The fraction of sp³-hybridized carbons (Fsp3) is 0.250. The molecule has 5 rings (SSSR count). The molecule has 0 amide bonds. The van der Waals surface area contributed by atoms with Gasteiger partial charge in [-0.25, -0.2) is 24.3 Å². The second kappa shape index (κ2) is 4.98. The topological polar surface area (TPSA) is 84.3 Å². The highest BCUT2D eigenvalue weighted by Crippen LogP contribution is 2.37. The van der Waals surface area contributed by atoms with E-state index in [-0.39, 0.29) is 12.4 Å². The van der Waals surface area contributed by atoms with E-state index in [1.165, 1.54) is 12.4 Å². The molecule has 7 nitrogen and oxygen atoms in total. The summed E-state index contributed by atoms with van der Waals surface area (Å²) in [4.78, 5) is 20.2. The summed E-state index contributed by atoms with van der Waals surface area (Å²) in [5.41, 5.74) is 3.45. The third kappa shape index (κ3) is 2.03. The zero-order valence-electron chi connectivity index (χ0n) is 12.7. The first kappa shape index (κ1) is 13.4. The number of hydrogen-bond acceptors (Lipinski definition) is 5. The van der Waals surface area contributed by atoms with Crippen LogP contribution in [0.25, 0.3) is 22.2 Å². The fourth-order valence-electron chi connectivity index (χ4n) is 2.98. The molecule has 0 radical (unpaired) electrons. The molecule has 2 N–H and O–H groups in total. The van der Waals surface area contributed by atoms with Crippen LogP contribution in [-0.4, -0.2) is 29.5 Å². The van der Waals surface area contributed by atoms with Gasteiger partial charge < -0.3 is 14.9 Å². The van der Waals surface area contributed by atoms with Crippen molar-refractivity contribution in [3.8, 4) is 0 Å². The number of aromatic amines is 1. The molecule has 0 bridgehead atoms. The minimum Gasteiger partial charge on any atom is -0.364 e. The number of aromatic nitrogens is 6. The smallest absolute Gasteiger partial charge is 0.165 e. The molecule has 1 saturated carbocycles. The van der Waals surface area contributed by atoms with E-state index >= 15 is 0 Å². The predicted molar refractivity (Wildman–Crippen MR) is 87.0 cm³/mol. The van der Waals surface area contributed by atoms with Crippen LogP contribution >= 0.6 is 0 Å². The van der Waals surface area contributed by atoms with Crippen LogP contribution in [0.15, 0.2) is 31.1 Å². The van der Waals surface area contributed by atoms with Crippen molar-refractivity contribution in [2.45, 2.75) is 25.4 Å². The SMILES string of the molecule is Fc1ccc2[nH]cnc2c1CNc1ncnc2c1ncn2C1CC1. The summed E-state index contributed by atoms with van der Waals surface area (Å²) in [6.07, 6.45) is 7.19. The van der Waals surface area contributed by atoms with Gasteiger partial charge in [0, 0.05) is 18.2 Å². The first-order valence-electron chi connectivity index (χ1n) is 7.83.